The summed E-state index contributed by atoms with van der Waals surface area (Å²) in [5, 5.41) is 10.5. The quantitative estimate of drug-likeness (QED) is 0.382. The molecule has 2 heterocycles. The highest BCUT2D eigenvalue weighted by Crippen LogP contribution is 2.39. The van der Waals surface area contributed by atoms with Crippen LogP contribution in [-0.4, -0.2) is 46.9 Å². The Bertz CT molecular complexity index is 1360. The van der Waals surface area contributed by atoms with Gasteiger partial charge in [0.15, 0.2) is 0 Å². The zero-order valence-corrected chi connectivity index (χ0v) is 22.6. The Morgan fingerprint density at radius 3 is 2.61 bits per heavy atom. The van der Waals surface area contributed by atoms with Gasteiger partial charge in [-0.15, -0.1) is 16.4 Å². The number of esters is 1. The van der Waals surface area contributed by atoms with Gasteiger partial charge in [0.05, 0.1) is 24.5 Å². The number of para-hydroxylation sites is 1. The molecule has 1 aliphatic carbocycles. The van der Waals surface area contributed by atoms with Crippen LogP contribution in [0.2, 0.25) is 0 Å². The minimum atomic E-state index is -0.379. The Labute approximate surface area is 229 Å². The summed E-state index contributed by atoms with van der Waals surface area (Å²) in [6, 6.07) is 19.5. The number of ether oxygens (including phenoxy) is 2. The summed E-state index contributed by atoms with van der Waals surface area (Å²) in [6.07, 6.45) is 2.77. The molecule has 0 bridgehead atoms. The Hall–Kier alpha value is -3.63. The molecule has 1 N–H and O–H groups in total. The number of thiophene rings is 1. The van der Waals surface area contributed by atoms with Crippen LogP contribution in [0.25, 0.3) is 0 Å². The normalized spacial score (nSPS) is 14.4. The van der Waals surface area contributed by atoms with Crippen molar-refractivity contribution in [2.45, 2.75) is 32.7 Å². The molecule has 0 radical (unpaired) electrons. The van der Waals surface area contributed by atoms with Crippen LogP contribution in [0, 0.1) is 0 Å². The first-order valence-corrected chi connectivity index (χ1v) is 14.3. The first-order chi connectivity index (χ1) is 18.6. The van der Waals surface area contributed by atoms with Crippen molar-refractivity contribution >= 4 is 51.0 Å². The van der Waals surface area contributed by atoms with E-state index in [1.807, 2.05) is 65.7 Å². The third-order valence-corrected chi connectivity index (χ3v) is 7.98. The van der Waals surface area contributed by atoms with Gasteiger partial charge in [0, 0.05) is 4.88 Å². The van der Waals surface area contributed by atoms with E-state index in [9.17, 15) is 9.59 Å². The highest BCUT2D eigenvalue weighted by molar-refractivity contribution is 8.14. The molecule has 1 aliphatic heterocycles. The fourth-order valence-electron chi connectivity index (χ4n) is 4.31. The molecule has 0 spiro atoms. The standard InChI is InChI=1S/C28H28N4O4S2/c1-2-35-27(34)25-21-14-9-15-22(21)38-26(25)29-23(33)18-37-28-30-24(36-20-12-7-4-8-13-20)17-32(31-28)16-19-10-5-3-6-11-19/h3-8,10-13H,2,9,14-18H2,1H3,(H,29,33). The lowest BCUT2D eigenvalue weighted by molar-refractivity contribution is -0.113. The lowest BCUT2D eigenvalue weighted by Crippen LogP contribution is -2.33. The maximum Gasteiger partial charge on any atom is 0.341 e. The minimum absolute atomic E-state index is 0.0883. The molecule has 0 unspecified atom stereocenters. The third-order valence-electron chi connectivity index (χ3n) is 5.94. The monoisotopic (exact) mass is 548 g/mol. The summed E-state index contributed by atoms with van der Waals surface area (Å²) in [4.78, 5) is 31.3. The molecule has 5 rings (SSSR count). The van der Waals surface area contributed by atoms with Gasteiger partial charge in [-0.2, -0.15) is 4.99 Å². The van der Waals surface area contributed by atoms with E-state index < -0.39 is 0 Å². The maximum absolute atomic E-state index is 12.9. The average molecular weight is 549 g/mol. The predicted octanol–water partition coefficient (Wildman–Crippen LogP) is 5.35. The van der Waals surface area contributed by atoms with Crippen molar-refractivity contribution in [2.75, 3.05) is 24.2 Å². The number of amidine groups is 1. The Balaban J connectivity index is 1.28. The van der Waals surface area contributed by atoms with Gasteiger partial charge < -0.3 is 14.8 Å². The SMILES string of the molecule is CCOC(=O)c1c(NC(=O)CSC2=NN(Cc3ccccc3)CC(Oc3ccccc3)=N2)sc2c1CCC2. The molecule has 0 saturated carbocycles. The number of anilines is 1. The summed E-state index contributed by atoms with van der Waals surface area (Å²) >= 11 is 2.69. The number of carbonyl (C=O) groups excluding carboxylic acids is 2. The molecule has 2 aliphatic rings. The van der Waals surface area contributed by atoms with E-state index in [1.54, 1.807) is 6.92 Å². The summed E-state index contributed by atoms with van der Waals surface area (Å²) in [7, 11) is 0. The molecular formula is C28H28N4O4S2. The second-order valence-electron chi connectivity index (χ2n) is 8.73. The molecule has 8 nitrogen and oxygen atoms in total. The second-order valence-corrected chi connectivity index (χ2v) is 10.8. The average Bonchev–Trinajstić information content (AvgIpc) is 3.50. The number of hydrazone groups is 1. The smallest absolute Gasteiger partial charge is 0.341 e. The van der Waals surface area contributed by atoms with Crippen LogP contribution in [0.15, 0.2) is 70.8 Å². The number of aryl methyl sites for hydroxylation is 1. The Morgan fingerprint density at radius 1 is 1.08 bits per heavy atom. The van der Waals surface area contributed by atoms with Crippen LogP contribution in [0.1, 0.15) is 39.7 Å². The van der Waals surface area contributed by atoms with Crippen LogP contribution in [0.5, 0.6) is 5.75 Å². The molecule has 0 atom stereocenters. The number of hydrogen-bond acceptors (Lipinski definition) is 9. The molecule has 2 aromatic carbocycles. The van der Waals surface area contributed by atoms with Crippen molar-refractivity contribution in [1.29, 1.82) is 0 Å². The van der Waals surface area contributed by atoms with E-state index in [-0.39, 0.29) is 24.2 Å². The van der Waals surface area contributed by atoms with E-state index in [2.05, 4.69) is 15.4 Å². The Kier molecular flexibility index (Phi) is 8.40. The fraction of sp³-hybridized carbons (Fsp3) is 0.286. The van der Waals surface area contributed by atoms with Gasteiger partial charge in [-0.1, -0.05) is 60.3 Å². The number of nitrogens with zero attached hydrogens (tertiary/aromatic N) is 3. The maximum atomic E-state index is 12.9. The molecule has 1 aromatic heterocycles. The van der Waals surface area contributed by atoms with E-state index in [0.717, 1.165) is 35.3 Å². The van der Waals surface area contributed by atoms with Crippen LogP contribution in [-0.2, 0) is 28.9 Å². The van der Waals surface area contributed by atoms with Gasteiger partial charge in [0.25, 0.3) is 0 Å². The number of fused-ring (bicyclic) bond motifs is 1. The van der Waals surface area contributed by atoms with Gasteiger partial charge in [0.1, 0.15) is 17.3 Å². The van der Waals surface area contributed by atoms with Crippen LogP contribution in [0.4, 0.5) is 5.00 Å². The zero-order valence-electron chi connectivity index (χ0n) is 21.0. The van der Waals surface area contributed by atoms with Crippen molar-refractivity contribution < 1.29 is 19.1 Å². The number of hydrogen-bond donors (Lipinski definition) is 1. The molecule has 10 heteroatoms. The number of benzene rings is 2. The second kappa shape index (κ2) is 12.3. The van der Waals surface area contributed by atoms with Gasteiger partial charge in [-0.25, -0.2) is 4.79 Å². The van der Waals surface area contributed by atoms with Gasteiger partial charge in [-0.05, 0) is 49.4 Å². The summed E-state index contributed by atoms with van der Waals surface area (Å²) in [5.74, 6) is 0.668. The van der Waals surface area contributed by atoms with Crippen LogP contribution in [0.3, 0.4) is 0 Å². The van der Waals surface area contributed by atoms with Crippen molar-refractivity contribution in [3.8, 4) is 5.75 Å². The molecule has 196 valence electrons. The summed E-state index contributed by atoms with van der Waals surface area (Å²) in [6.45, 7) is 3.06. The minimum Gasteiger partial charge on any atom is -0.462 e. The summed E-state index contributed by atoms with van der Waals surface area (Å²) < 4.78 is 11.3. The first-order valence-electron chi connectivity index (χ1n) is 12.5. The van der Waals surface area contributed by atoms with Crippen LogP contribution < -0.4 is 10.1 Å². The molecule has 38 heavy (non-hydrogen) atoms. The Morgan fingerprint density at radius 2 is 1.84 bits per heavy atom. The van der Waals surface area contributed by atoms with E-state index in [1.165, 1.54) is 23.1 Å². The van der Waals surface area contributed by atoms with E-state index in [0.29, 0.717) is 40.5 Å². The third kappa shape index (κ3) is 6.43. The molecule has 1 amide bonds. The van der Waals surface area contributed by atoms with E-state index in [4.69, 9.17) is 9.47 Å². The lowest BCUT2D eigenvalue weighted by atomic mass is 10.1. The molecule has 0 saturated heterocycles. The molecule has 0 fully saturated rings. The fourth-order valence-corrected chi connectivity index (χ4v) is 6.27. The summed E-state index contributed by atoms with van der Waals surface area (Å²) in [5.41, 5.74) is 2.62. The van der Waals surface area contributed by atoms with Gasteiger partial charge >= 0.3 is 5.97 Å². The largest absolute Gasteiger partial charge is 0.462 e. The number of amides is 1. The van der Waals surface area contributed by atoms with Crippen molar-refractivity contribution in [3.05, 3.63) is 82.2 Å². The first kappa shape index (κ1) is 26.0. The van der Waals surface area contributed by atoms with E-state index >= 15 is 0 Å². The van der Waals surface area contributed by atoms with Gasteiger partial charge in [0.2, 0.25) is 17.0 Å². The van der Waals surface area contributed by atoms with Gasteiger partial charge in [-0.3, -0.25) is 9.80 Å². The van der Waals surface area contributed by atoms with Crippen molar-refractivity contribution in [3.63, 3.8) is 0 Å². The highest BCUT2D eigenvalue weighted by atomic mass is 32.2. The number of carbonyl (C=O) groups is 2. The topological polar surface area (TPSA) is 92.6 Å². The number of aliphatic imine (C=N–C) groups is 1. The molecular weight excluding hydrogens is 520 g/mol. The van der Waals surface area contributed by atoms with Crippen molar-refractivity contribution in [2.24, 2.45) is 10.1 Å². The molecule has 3 aromatic rings. The highest BCUT2D eigenvalue weighted by Gasteiger charge is 2.28. The number of rotatable bonds is 8. The number of thioether (sulfide) groups is 1. The van der Waals surface area contributed by atoms with Crippen molar-refractivity contribution in [1.82, 2.24) is 5.01 Å². The van der Waals surface area contributed by atoms with Crippen LogP contribution >= 0.6 is 23.1 Å². The lowest BCUT2D eigenvalue weighted by Gasteiger charge is -2.24. The predicted molar refractivity (Wildman–Crippen MR) is 152 cm³/mol. The number of nitrogens with one attached hydrogen (secondary N) is 1. The zero-order chi connectivity index (χ0) is 26.3.